The number of rotatable bonds is 4. The fraction of sp³-hybridized carbons (Fsp3) is 0.300. The Hall–Kier alpha value is -1.45. The molecule has 0 saturated heterocycles. The van der Waals surface area contributed by atoms with E-state index in [4.69, 9.17) is 21.4 Å². The summed E-state index contributed by atoms with van der Waals surface area (Å²) in [6.07, 6.45) is 0. The Kier molecular flexibility index (Phi) is 6.46. The Morgan fingerprint density at radius 2 is 2.16 bits per heavy atom. The van der Waals surface area contributed by atoms with E-state index in [1.54, 1.807) is 13.0 Å². The van der Waals surface area contributed by atoms with E-state index in [-0.39, 0.29) is 17.5 Å². The summed E-state index contributed by atoms with van der Waals surface area (Å²) < 4.78 is 10.3. The van der Waals surface area contributed by atoms with Gasteiger partial charge >= 0.3 is 0 Å². The number of ether oxygens (including phenoxy) is 1. The van der Waals surface area contributed by atoms with E-state index < -0.39 is 11.8 Å². The molecule has 0 aliphatic carbocycles. The second-order valence-electron chi connectivity index (χ2n) is 3.20. The molecule has 0 aliphatic heterocycles. The number of amides is 2. The van der Waals surface area contributed by atoms with Crippen LogP contribution in [0.2, 0.25) is 0 Å². The van der Waals surface area contributed by atoms with Crippen LogP contribution in [-0.4, -0.2) is 30.1 Å². The SMILES string of the molecule is CCOCC(=O)NNC(=S)NC(=O)c1ccc(Br)o1. The van der Waals surface area contributed by atoms with E-state index in [1.165, 1.54) is 6.07 Å². The van der Waals surface area contributed by atoms with Crippen LogP contribution >= 0.6 is 28.1 Å². The summed E-state index contributed by atoms with van der Waals surface area (Å²) in [5.74, 6) is -0.835. The number of hydrogen-bond acceptors (Lipinski definition) is 5. The Morgan fingerprint density at radius 3 is 2.74 bits per heavy atom. The summed E-state index contributed by atoms with van der Waals surface area (Å²) >= 11 is 7.89. The molecular formula is C10H12BrN3O4S. The third-order valence-corrected chi connectivity index (χ3v) is 2.41. The van der Waals surface area contributed by atoms with E-state index in [9.17, 15) is 9.59 Å². The molecule has 1 aromatic heterocycles. The number of carbonyl (C=O) groups is 2. The minimum absolute atomic E-state index is 0.0534. The molecule has 0 fully saturated rings. The molecule has 1 rings (SSSR count). The molecule has 1 aromatic rings. The van der Waals surface area contributed by atoms with Gasteiger partial charge in [0.05, 0.1) is 0 Å². The average molecular weight is 350 g/mol. The molecule has 0 unspecified atom stereocenters. The summed E-state index contributed by atoms with van der Waals surface area (Å²) in [5.41, 5.74) is 4.63. The molecule has 3 N–H and O–H groups in total. The molecule has 0 aliphatic rings. The molecule has 0 bridgehead atoms. The van der Waals surface area contributed by atoms with Crippen LogP contribution in [0.1, 0.15) is 17.5 Å². The van der Waals surface area contributed by atoms with E-state index >= 15 is 0 Å². The van der Waals surface area contributed by atoms with Crippen molar-refractivity contribution >= 4 is 45.1 Å². The molecule has 0 aromatic carbocycles. The minimum atomic E-state index is -0.526. The predicted molar refractivity (Wildman–Crippen MR) is 74.2 cm³/mol. The number of carbonyl (C=O) groups excluding carboxylic acids is 2. The maximum absolute atomic E-state index is 11.6. The van der Waals surface area contributed by atoms with Gasteiger partial charge in [-0.15, -0.1) is 0 Å². The van der Waals surface area contributed by atoms with E-state index in [2.05, 4.69) is 32.1 Å². The van der Waals surface area contributed by atoms with Gasteiger partial charge in [0, 0.05) is 6.61 Å². The van der Waals surface area contributed by atoms with Gasteiger partial charge in [0.2, 0.25) is 0 Å². The third-order valence-electron chi connectivity index (χ3n) is 1.78. The monoisotopic (exact) mass is 349 g/mol. The van der Waals surface area contributed by atoms with Crippen LogP contribution in [0.5, 0.6) is 0 Å². The quantitative estimate of drug-likeness (QED) is 0.547. The van der Waals surface area contributed by atoms with Crippen molar-refractivity contribution in [2.45, 2.75) is 6.92 Å². The van der Waals surface area contributed by atoms with Crippen LogP contribution in [0.15, 0.2) is 21.2 Å². The molecule has 7 nitrogen and oxygen atoms in total. The number of thiocarbonyl (C=S) groups is 1. The molecule has 9 heteroatoms. The molecule has 2 amide bonds. The topological polar surface area (TPSA) is 92.6 Å². The molecule has 0 radical (unpaired) electrons. The zero-order valence-electron chi connectivity index (χ0n) is 9.99. The van der Waals surface area contributed by atoms with Crippen LogP contribution in [0, 0.1) is 0 Å². The lowest BCUT2D eigenvalue weighted by Gasteiger charge is -2.09. The normalized spacial score (nSPS) is 9.79. The summed E-state index contributed by atoms with van der Waals surface area (Å²) in [5, 5.41) is 2.28. The van der Waals surface area contributed by atoms with Gasteiger partial charge in [0.25, 0.3) is 11.8 Å². The van der Waals surface area contributed by atoms with E-state index in [1.807, 2.05) is 0 Å². The van der Waals surface area contributed by atoms with Crippen LogP contribution < -0.4 is 16.2 Å². The Labute approximate surface area is 123 Å². The van der Waals surface area contributed by atoms with E-state index in [0.29, 0.717) is 11.3 Å². The second kappa shape index (κ2) is 7.87. The van der Waals surface area contributed by atoms with Crippen LogP contribution in [0.25, 0.3) is 0 Å². The first-order chi connectivity index (χ1) is 9.02. The largest absolute Gasteiger partial charge is 0.444 e. The van der Waals surface area contributed by atoms with Gasteiger partial charge in [-0.2, -0.15) is 0 Å². The number of furan rings is 1. The lowest BCUT2D eigenvalue weighted by molar-refractivity contribution is -0.126. The van der Waals surface area contributed by atoms with Gasteiger partial charge in [-0.25, -0.2) is 0 Å². The fourth-order valence-corrected chi connectivity index (χ4v) is 1.44. The Bertz CT molecular complexity index is 477. The number of halogens is 1. The zero-order valence-corrected chi connectivity index (χ0v) is 12.4. The fourth-order valence-electron chi connectivity index (χ4n) is 0.990. The highest BCUT2D eigenvalue weighted by atomic mass is 79.9. The van der Waals surface area contributed by atoms with Crippen molar-refractivity contribution in [2.24, 2.45) is 0 Å². The highest BCUT2D eigenvalue weighted by Gasteiger charge is 2.12. The van der Waals surface area contributed by atoms with Crippen molar-refractivity contribution in [1.82, 2.24) is 16.2 Å². The first kappa shape index (κ1) is 15.6. The van der Waals surface area contributed by atoms with Gasteiger partial charge < -0.3 is 9.15 Å². The first-order valence-electron chi connectivity index (χ1n) is 5.26. The summed E-state index contributed by atoms with van der Waals surface area (Å²) in [7, 11) is 0. The van der Waals surface area contributed by atoms with Crippen molar-refractivity contribution < 1.29 is 18.7 Å². The Morgan fingerprint density at radius 1 is 1.42 bits per heavy atom. The molecule has 0 atom stereocenters. The first-order valence-corrected chi connectivity index (χ1v) is 6.46. The lowest BCUT2D eigenvalue weighted by atomic mass is 10.4. The van der Waals surface area contributed by atoms with Gasteiger partial charge in [-0.1, -0.05) is 0 Å². The number of hydrogen-bond donors (Lipinski definition) is 3. The molecule has 1 heterocycles. The maximum Gasteiger partial charge on any atom is 0.293 e. The lowest BCUT2D eigenvalue weighted by Crippen LogP contribution is -2.49. The minimum Gasteiger partial charge on any atom is -0.444 e. The van der Waals surface area contributed by atoms with Crippen LogP contribution in [0.3, 0.4) is 0 Å². The van der Waals surface area contributed by atoms with Crippen molar-refractivity contribution in [1.29, 1.82) is 0 Å². The molecule has 0 saturated carbocycles. The van der Waals surface area contributed by atoms with Gasteiger partial charge in [-0.3, -0.25) is 25.8 Å². The maximum atomic E-state index is 11.6. The second-order valence-corrected chi connectivity index (χ2v) is 4.39. The third kappa shape index (κ3) is 5.81. The van der Waals surface area contributed by atoms with Gasteiger partial charge in [-0.05, 0) is 47.2 Å². The summed E-state index contributed by atoms with van der Waals surface area (Å²) in [4.78, 5) is 22.8. The molecular weight excluding hydrogens is 338 g/mol. The molecule has 0 spiro atoms. The standard InChI is InChI=1S/C10H12BrN3O4S/c1-2-17-5-8(15)13-14-10(19)12-9(16)6-3-4-7(11)18-6/h3-4H,2,5H2,1H3,(H,13,15)(H2,12,14,16,19). The average Bonchev–Trinajstić information content (AvgIpc) is 2.80. The van der Waals surface area contributed by atoms with Crippen molar-refractivity contribution in [3.8, 4) is 0 Å². The van der Waals surface area contributed by atoms with Gasteiger partial charge in [0.1, 0.15) is 6.61 Å². The van der Waals surface area contributed by atoms with E-state index in [0.717, 1.165) is 0 Å². The molecule has 104 valence electrons. The van der Waals surface area contributed by atoms with Crippen LogP contribution in [-0.2, 0) is 9.53 Å². The van der Waals surface area contributed by atoms with Crippen molar-refractivity contribution in [3.63, 3.8) is 0 Å². The van der Waals surface area contributed by atoms with Gasteiger partial charge in [0.15, 0.2) is 15.5 Å². The van der Waals surface area contributed by atoms with Crippen LogP contribution in [0.4, 0.5) is 0 Å². The number of hydrazine groups is 1. The summed E-state index contributed by atoms with van der Waals surface area (Å²) in [6.45, 7) is 2.11. The molecule has 19 heavy (non-hydrogen) atoms. The Balaban J connectivity index is 2.31. The highest BCUT2D eigenvalue weighted by molar-refractivity contribution is 9.10. The summed E-state index contributed by atoms with van der Waals surface area (Å²) in [6, 6.07) is 3.06. The van der Waals surface area contributed by atoms with Crippen molar-refractivity contribution in [3.05, 3.63) is 22.6 Å². The smallest absolute Gasteiger partial charge is 0.293 e. The predicted octanol–water partition coefficient (Wildman–Crippen LogP) is 0.714. The number of nitrogens with one attached hydrogen (secondary N) is 3. The highest BCUT2D eigenvalue weighted by Crippen LogP contribution is 2.13. The zero-order chi connectivity index (χ0) is 14.3. The van der Waals surface area contributed by atoms with Crippen molar-refractivity contribution in [2.75, 3.05) is 13.2 Å².